The van der Waals surface area contributed by atoms with Crippen LogP contribution in [0.25, 0.3) is 0 Å². The predicted octanol–water partition coefficient (Wildman–Crippen LogP) is 4.19. The van der Waals surface area contributed by atoms with Gasteiger partial charge in [0.15, 0.2) is 0 Å². The minimum absolute atomic E-state index is 0.0960. The van der Waals surface area contributed by atoms with Crippen LogP contribution in [0, 0.1) is 6.92 Å². The molecule has 0 saturated heterocycles. The van der Waals surface area contributed by atoms with Gasteiger partial charge in [-0.2, -0.15) is 0 Å². The highest BCUT2D eigenvalue weighted by Crippen LogP contribution is 2.31. The van der Waals surface area contributed by atoms with E-state index < -0.39 is 0 Å². The molecule has 2 rings (SSSR count). The Hall–Kier alpha value is -0.900. The van der Waals surface area contributed by atoms with Gasteiger partial charge in [-0.15, -0.1) is 11.3 Å². The molecule has 0 spiro atoms. The molecule has 2 aromatic heterocycles. The van der Waals surface area contributed by atoms with Crippen molar-refractivity contribution in [2.45, 2.75) is 26.3 Å². The lowest BCUT2D eigenvalue weighted by Crippen LogP contribution is -2.24. The van der Waals surface area contributed by atoms with Gasteiger partial charge in [0.2, 0.25) is 0 Å². The van der Waals surface area contributed by atoms with E-state index >= 15 is 0 Å². The Labute approximate surface area is 117 Å². The standard InChI is InChI=1S/C14H17ClN2S/c1-3-7-16-13(14-10(2)6-9-18-14)12-11(15)5-4-8-17-12/h4-6,8-9,13,16H,3,7H2,1-2H3. The first-order valence-electron chi connectivity index (χ1n) is 6.11. The minimum atomic E-state index is 0.0960. The van der Waals surface area contributed by atoms with Crippen LogP contribution in [0.3, 0.4) is 0 Å². The number of nitrogens with one attached hydrogen (secondary N) is 1. The van der Waals surface area contributed by atoms with Crippen LogP contribution in [0.1, 0.15) is 35.5 Å². The lowest BCUT2D eigenvalue weighted by atomic mass is 10.1. The number of aromatic nitrogens is 1. The first-order chi connectivity index (χ1) is 8.74. The molecule has 4 heteroatoms. The Balaban J connectivity index is 2.37. The highest BCUT2D eigenvalue weighted by molar-refractivity contribution is 7.10. The van der Waals surface area contributed by atoms with Crippen molar-refractivity contribution in [1.29, 1.82) is 0 Å². The van der Waals surface area contributed by atoms with E-state index in [1.54, 1.807) is 17.5 Å². The normalized spacial score (nSPS) is 12.6. The molecule has 0 radical (unpaired) electrons. The van der Waals surface area contributed by atoms with Crippen LogP contribution in [0.2, 0.25) is 5.02 Å². The summed E-state index contributed by atoms with van der Waals surface area (Å²) >= 11 is 8.02. The second-order valence-corrected chi connectivity index (χ2v) is 5.58. The summed E-state index contributed by atoms with van der Waals surface area (Å²) in [4.78, 5) is 5.74. The summed E-state index contributed by atoms with van der Waals surface area (Å²) in [6.07, 6.45) is 2.89. The molecule has 0 aromatic carbocycles. The lowest BCUT2D eigenvalue weighted by molar-refractivity contribution is 0.592. The number of pyridine rings is 1. The molecule has 0 saturated carbocycles. The monoisotopic (exact) mass is 280 g/mol. The zero-order valence-electron chi connectivity index (χ0n) is 10.6. The topological polar surface area (TPSA) is 24.9 Å². The van der Waals surface area contributed by atoms with Gasteiger partial charge in [0.05, 0.1) is 16.8 Å². The molecule has 2 heterocycles. The fourth-order valence-corrected chi connectivity index (χ4v) is 3.13. The Kier molecular flexibility index (Phi) is 4.75. The van der Waals surface area contributed by atoms with Crippen molar-refractivity contribution in [1.82, 2.24) is 10.3 Å². The Morgan fingerprint density at radius 1 is 1.44 bits per heavy atom. The van der Waals surface area contributed by atoms with Gasteiger partial charge in [0, 0.05) is 11.1 Å². The van der Waals surface area contributed by atoms with E-state index in [4.69, 9.17) is 11.6 Å². The number of hydrogen-bond donors (Lipinski definition) is 1. The molecule has 0 aliphatic rings. The van der Waals surface area contributed by atoms with Crippen molar-refractivity contribution < 1.29 is 0 Å². The average molecular weight is 281 g/mol. The molecule has 1 unspecified atom stereocenters. The Morgan fingerprint density at radius 3 is 2.89 bits per heavy atom. The molecule has 2 nitrogen and oxygen atoms in total. The molecule has 96 valence electrons. The van der Waals surface area contributed by atoms with Gasteiger partial charge in [-0.25, -0.2) is 0 Å². The second kappa shape index (κ2) is 6.32. The highest BCUT2D eigenvalue weighted by Gasteiger charge is 2.20. The Morgan fingerprint density at radius 2 is 2.28 bits per heavy atom. The summed E-state index contributed by atoms with van der Waals surface area (Å²) < 4.78 is 0. The number of hydrogen-bond acceptors (Lipinski definition) is 3. The molecule has 0 aliphatic carbocycles. The average Bonchev–Trinajstić information content (AvgIpc) is 2.78. The van der Waals surface area contributed by atoms with Crippen molar-refractivity contribution in [2.75, 3.05) is 6.54 Å². The third kappa shape index (κ3) is 2.91. The number of halogens is 1. The molecular weight excluding hydrogens is 264 g/mol. The van der Waals surface area contributed by atoms with E-state index in [-0.39, 0.29) is 6.04 Å². The van der Waals surface area contributed by atoms with Crippen molar-refractivity contribution >= 4 is 22.9 Å². The molecule has 0 fully saturated rings. The van der Waals surface area contributed by atoms with E-state index in [9.17, 15) is 0 Å². The zero-order chi connectivity index (χ0) is 13.0. The highest BCUT2D eigenvalue weighted by atomic mass is 35.5. The first kappa shape index (κ1) is 13.5. The van der Waals surface area contributed by atoms with Crippen molar-refractivity contribution in [3.05, 3.63) is 50.9 Å². The van der Waals surface area contributed by atoms with Crippen LogP contribution >= 0.6 is 22.9 Å². The van der Waals surface area contributed by atoms with E-state index in [1.807, 2.05) is 12.1 Å². The quantitative estimate of drug-likeness (QED) is 0.888. The zero-order valence-corrected chi connectivity index (χ0v) is 12.2. The van der Waals surface area contributed by atoms with E-state index in [1.165, 1.54) is 10.4 Å². The molecular formula is C14H17ClN2S. The number of rotatable bonds is 5. The van der Waals surface area contributed by atoms with Crippen LogP contribution < -0.4 is 5.32 Å². The van der Waals surface area contributed by atoms with Crippen LogP contribution in [0.15, 0.2) is 29.8 Å². The molecule has 1 N–H and O–H groups in total. The number of thiophene rings is 1. The third-order valence-electron chi connectivity index (χ3n) is 2.82. The number of nitrogens with zero attached hydrogens (tertiary/aromatic N) is 1. The smallest absolute Gasteiger partial charge is 0.0862 e. The van der Waals surface area contributed by atoms with Crippen LogP contribution in [-0.4, -0.2) is 11.5 Å². The molecule has 0 amide bonds. The molecule has 0 aliphatic heterocycles. The summed E-state index contributed by atoms with van der Waals surface area (Å²) in [5.74, 6) is 0. The lowest BCUT2D eigenvalue weighted by Gasteiger charge is -2.18. The summed E-state index contributed by atoms with van der Waals surface area (Å²) in [7, 11) is 0. The maximum atomic E-state index is 6.27. The van der Waals surface area contributed by atoms with Crippen LogP contribution in [-0.2, 0) is 0 Å². The third-order valence-corrected chi connectivity index (χ3v) is 4.23. The van der Waals surface area contributed by atoms with Gasteiger partial charge in [-0.1, -0.05) is 18.5 Å². The molecule has 2 aromatic rings. The van der Waals surface area contributed by atoms with E-state index in [2.05, 4.69) is 35.6 Å². The van der Waals surface area contributed by atoms with Crippen molar-refractivity contribution in [2.24, 2.45) is 0 Å². The fourth-order valence-electron chi connectivity index (χ4n) is 1.89. The van der Waals surface area contributed by atoms with Crippen molar-refractivity contribution in [3.8, 4) is 0 Å². The van der Waals surface area contributed by atoms with Gasteiger partial charge in [0.25, 0.3) is 0 Å². The first-order valence-corrected chi connectivity index (χ1v) is 7.37. The van der Waals surface area contributed by atoms with Crippen molar-refractivity contribution in [3.63, 3.8) is 0 Å². The van der Waals surface area contributed by atoms with Crippen LogP contribution in [0.5, 0.6) is 0 Å². The largest absolute Gasteiger partial charge is 0.304 e. The van der Waals surface area contributed by atoms with Gasteiger partial charge in [-0.3, -0.25) is 4.98 Å². The SMILES string of the molecule is CCCNC(c1ncccc1Cl)c1sccc1C. The van der Waals surface area contributed by atoms with Gasteiger partial charge < -0.3 is 5.32 Å². The van der Waals surface area contributed by atoms with Gasteiger partial charge in [0.1, 0.15) is 0 Å². The molecule has 18 heavy (non-hydrogen) atoms. The van der Waals surface area contributed by atoms with E-state index in [0.29, 0.717) is 0 Å². The van der Waals surface area contributed by atoms with E-state index in [0.717, 1.165) is 23.7 Å². The molecule has 0 bridgehead atoms. The summed E-state index contributed by atoms with van der Waals surface area (Å²) in [5, 5.41) is 6.37. The molecule has 1 atom stereocenters. The maximum Gasteiger partial charge on any atom is 0.0862 e. The Bertz CT molecular complexity index is 510. The summed E-state index contributed by atoms with van der Waals surface area (Å²) in [6.45, 7) is 5.24. The second-order valence-electron chi connectivity index (χ2n) is 4.23. The predicted molar refractivity (Wildman–Crippen MR) is 78.4 cm³/mol. The maximum absolute atomic E-state index is 6.27. The fraction of sp³-hybridized carbons (Fsp3) is 0.357. The van der Waals surface area contributed by atoms with Crippen LogP contribution in [0.4, 0.5) is 0 Å². The summed E-state index contributed by atoms with van der Waals surface area (Å²) in [5.41, 5.74) is 2.20. The number of aryl methyl sites for hydroxylation is 1. The van der Waals surface area contributed by atoms with Gasteiger partial charge >= 0.3 is 0 Å². The summed E-state index contributed by atoms with van der Waals surface area (Å²) in [6, 6.07) is 5.99. The van der Waals surface area contributed by atoms with Gasteiger partial charge in [-0.05, 0) is 49.0 Å². The minimum Gasteiger partial charge on any atom is -0.304 e.